The van der Waals surface area contributed by atoms with Crippen LogP contribution < -0.4 is 21.3 Å². The quantitative estimate of drug-likeness (QED) is 0.730. The third kappa shape index (κ3) is 2.86. The van der Waals surface area contributed by atoms with Crippen molar-refractivity contribution in [2.75, 3.05) is 31.6 Å². The van der Waals surface area contributed by atoms with Crippen LogP contribution in [0.25, 0.3) is 0 Å². The second-order valence-electron chi connectivity index (χ2n) is 4.56. The predicted molar refractivity (Wildman–Crippen MR) is 78.0 cm³/mol. The third-order valence-electron chi connectivity index (χ3n) is 3.33. The number of hydrogen-bond acceptors (Lipinski definition) is 4. The Balaban J connectivity index is 2.32. The number of nitrogens with zero attached hydrogens (tertiary/aromatic N) is 1. The first-order valence-electron chi connectivity index (χ1n) is 6.33. The molecule has 1 unspecified atom stereocenters. The van der Waals surface area contributed by atoms with Gasteiger partial charge >= 0.3 is 0 Å². The molecule has 2 rings (SSSR count). The van der Waals surface area contributed by atoms with E-state index in [1.807, 2.05) is 4.90 Å². The molecule has 20 heavy (non-hydrogen) atoms. The summed E-state index contributed by atoms with van der Waals surface area (Å²) in [5.74, 6) is -0.603. The number of primary amides is 1. The fourth-order valence-electron chi connectivity index (χ4n) is 2.29. The summed E-state index contributed by atoms with van der Waals surface area (Å²) < 4.78 is 0. The summed E-state index contributed by atoms with van der Waals surface area (Å²) in [7, 11) is 1.60. The van der Waals surface area contributed by atoms with Gasteiger partial charge in [-0.15, -0.1) is 0 Å². The first-order chi connectivity index (χ1) is 9.54. The van der Waals surface area contributed by atoms with Crippen molar-refractivity contribution in [3.63, 3.8) is 0 Å². The Hall–Kier alpha value is -1.79. The minimum absolute atomic E-state index is 0.0766. The summed E-state index contributed by atoms with van der Waals surface area (Å²) in [6, 6.07) is 4.55. The lowest BCUT2D eigenvalue weighted by Crippen LogP contribution is -2.57. The molecule has 1 heterocycles. The van der Waals surface area contributed by atoms with E-state index in [4.69, 9.17) is 17.3 Å². The van der Waals surface area contributed by atoms with E-state index in [0.717, 1.165) is 12.2 Å². The largest absolute Gasteiger partial charge is 0.366 e. The zero-order chi connectivity index (χ0) is 14.7. The van der Waals surface area contributed by atoms with Crippen LogP contribution in [0, 0.1) is 0 Å². The molecule has 1 saturated heterocycles. The summed E-state index contributed by atoms with van der Waals surface area (Å²) in [6.45, 7) is 1.97. The molecule has 6 nitrogen and oxygen atoms in total. The Labute approximate surface area is 122 Å². The molecule has 7 heteroatoms. The molecular formula is C13H17ClN4O2. The van der Waals surface area contributed by atoms with Crippen LogP contribution in [0.2, 0.25) is 5.02 Å². The third-order valence-corrected chi connectivity index (χ3v) is 3.64. The highest BCUT2D eigenvalue weighted by atomic mass is 35.5. The molecule has 1 aromatic rings. The van der Waals surface area contributed by atoms with Gasteiger partial charge in [-0.05, 0) is 18.2 Å². The number of likely N-dealkylation sites (N-methyl/N-ethyl adjacent to an activating group) is 1. The van der Waals surface area contributed by atoms with Crippen LogP contribution in [-0.2, 0) is 4.79 Å². The van der Waals surface area contributed by atoms with Crippen molar-refractivity contribution in [3.8, 4) is 0 Å². The van der Waals surface area contributed by atoms with Crippen molar-refractivity contribution in [2.24, 2.45) is 5.73 Å². The minimum Gasteiger partial charge on any atom is -0.366 e. The van der Waals surface area contributed by atoms with Crippen LogP contribution in [-0.4, -0.2) is 44.5 Å². The Morgan fingerprint density at radius 2 is 2.25 bits per heavy atom. The van der Waals surface area contributed by atoms with Crippen LogP contribution in [0.3, 0.4) is 0 Å². The molecular weight excluding hydrogens is 280 g/mol. The van der Waals surface area contributed by atoms with E-state index in [1.54, 1.807) is 19.2 Å². The molecule has 108 valence electrons. The zero-order valence-electron chi connectivity index (χ0n) is 11.1. The van der Waals surface area contributed by atoms with Gasteiger partial charge in [0.05, 0.1) is 10.7 Å². The topological polar surface area (TPSA) is 87.5 Å². The average molecular weight is 297 g/mol. The summed E-state index contributed by atoms with van der Waals surface area (Å²) in [4.78, 5) is 25.0. The van der Waals surface area contributed by atoms with E-state index >= 15 is 0 Å². The van der Waals surface area contributed by atoms with Crippen LogP contribution >= 0.6 is 11.6 Å². The lowest BCUT2D eigenvalue weighted by atomic mass is 10.1. The zero-order valence-corrected chi connectivity index (χ0v) is 11.9. The molecule has 1 aromatic carbocycles. The number of rotatable bonds is 3. The highest BCUT2D eigenvalue weighted by Crippen LogP contribution is 2.29. The Bertz CT molecular complexity index is 535. The van der Waals surface area contributed by atoms with E-state index in [0.29, 0.717) is 23.7 Å². The van der Waals surface area contributed by atoms with Crippen molar-refractivity contribution in [1.29, 1.82) is 0 Å². The normalized spacial score (nSPS) is 18.7. The van der Waals surface area contributed by atoms with Gasteiger partial charge in [-0.3, -0.25) is 9.59 Å². The molecule has 0 bridgehead atoms. The number of amides is 2. The highest BCUT2D eigenvalue weighted by Gasteiger charge is 2.29. The molecule has 0 saturated carbocycles. The molecule has 1 aliphatic rings. The molecule has 0 aromatic heterocycles. The smallest absolute Gasteiger partial charge is 0.248 e. The maximum absolute atomic E-state index is 11.9. The Kier molecular flexibility index (Phi) is 4.46. The number of nitrogens with one attached hydrogen (secondary N) is 2. The van der Waals surface area contributed by atoms with Crippen LogP contribution in [0.15, 0.2) is 18.2 Å². The highest BCUT2D eigenvalue weighted by molar-refractivity contribution is 6.33. The van der Waals surface area contributed by atoms with Gasteiger partial charge in [-0.2, -0.15) is 0 Å². The van der Waals surface area contributed by atoms with Gasteiger partial charge in [-0.1, -0.05) is 11.6 Å². The predicted octanol–water partition coefficient (Wildman–Crippen LogP) is -0.0369. The lowest BCUT2D eigenvalue weighted by molar-refractivity contribution is -0.122. The van der Waals surface area contributed by atoms with Crippen molar-refractivity contribution in [3.05, 3.63) is 28.8 Å². The fourth-order valence-corrected chi connectivity index (χ4v) is 2.58. The van der Waals surface area contributed by atoms with Gasteiger partial charge in [0, 0.05) is 32.2 Å². The molecule has 1 fully saturated rings. The van der Waals surface area contributed by atoms with Gasteiger partial charge in [-0.25, -0.2) is 0 Å². The summed E-state index contributed by atoms with van der Waals surface area (Å²) in [5.41, 5.74) is 6.30. The second-order valence-corrected chi connectivity index (χ2v) is 4.97. The monoisotopic (exact) mass is 296 g/mol. The van der Waals surface area contributed by atoms with Crippen LogP contribution in [0.1, 0.15) is 10.4 Å². The Morgan fingerprint density at radius 1 is 1.50 bits per heavy atom. The van der Waals surface area contributed by atoms with Gasteiger partial charge in [0.15, 0.2) is 0 Å². The SMILES string of the molecule is CNC(=O)C1CNCCN1c1ccc(C(N)=O)cc1Cl. The van der Waals surface area contributed by atoms with E-state index in [-0.39, 0.29) is 11.9 Å². The number of hydrogen-bond donors (Lipinski definition) is 3. The van der Waals surface area contributed by atoms with E-state index in [1.165, 1.54) is 6.07 Å². The van der Waals surface area contributed by atoms with Gasteiger partial charge < -0.3 is 21.3 Å². The summed E-state index contributed by atoms with van der Waals surface area (Å²) in [6.07, 6.45) is 0. The van der Waals surface area contributed by atoms with E-state index < -0.39 is 5.91 Å². The molecule has 4 N–H and O–H groups in total. The van der Waals surface area contributed by atoms with Crippen molar-refractivity contribution < 1.29 is 9.59 Å². The average Bonchev–Trinajstić information content (AvgIpc) is 2.46. The number of halogens is 1. The number of benzene rings is 1. The van der Waals surface area contributed by atoms with E-state index in [2.05, 4.69) is 10.6 Å². The van der Waals surface area contributed by atoms with Gasteiger partial charge in [0.25, 0.3) is 0 Å². The maximum Gasteiger partial charge on any atom is 0.248 e. The van der Waals surface area contributed by atoms with Crippen LogP contribution in [0.4, 0.5) is 5.69 Å². The maximum atomic E-state index is 11.9. The van der Waals surface area contributed by atoms with Crippen molar-refractivity contribution in [2.45, 2.75) is 6.04 Å². The fraction of sp³-hybridized carbons (Fsp3) is 0.385. The Morgan fingerprint density at radius 3 is 2.85 bits per heavy atom. The first kappa shape index (κ1) is 14.6. The lowest BCUT2D eigenvalue weighted by Gasteiger charge is -2.37. The summed E-state index contributed by atoms with van der Waals surface area (Å²) in [5, 5.41) is 6.24. The molecule has 0 radical (unpaired) electrons. The minimum atomic E-state index is -0.526. The first-order valence-corrected chi connectivity index (χ1v) is 6.70. The number of carbonyl (C=O) groups excluding carboxylic acids is 2. The second kappa shape index (κ2) is 6.11. The van der Waals surface area contributed by atoms with Gasteiger partial charge in [0.2, 0.25) is 11.8 Å². The molecule has 0 aliphatic carbocycles. The standard InChI is InChI=1S/C13H17ClN4O2/c1-16-13(20)11-7-17-4-5-18(11)10-3-2-8(12(15)19)6-9(10)14/h2-3,6,11,17H,4-5,7H2,1H3,(H2,15,19)(H,16,20). The number of anilines is 1. The van der Waals surface area contributed by atoms with Gasteiger partial charge in [0.1, 0.15) is 6.04 Å². The number of piperazine rings is 1. The van der Waals surface area contributed by atoms with Crippen molar-refractivity contribution in [1.82, 2.24) is 10.6 Å². The number of carbonyl (C=O) groups is 2. The van der Waals surface area contributed by atoms with Crippen LogP contribution in [0.5, 0.6) is 0 Å². The molecule has 1 aliphatic heterocycles. The molecule has 1 atom stereocenters. The summed E-state index contributed by atoms with van der Waals surface area (Å²) >= 11 is 6.22. The van der Waals surface area contributed by atoms with Crippen molar-refractivity contribution >= 4 is 29.1 Å². The molecule has 0 spiro atoms. The van der Waals surface area contributed by atoms with E-state index in [9.17, 15) is 9.59 Å². The number of nitrogens with two attached hydrogens (primary N) is 1. The molecule has 2 amide bonds.